The highest BCUT2D eigenvalue weighted by molar-refractivity contribution is 6.30. The molecule has 0 aliphatic carbocycles. The molecule has 0 bridgehead atoms. The summed E-state index contributed by atoms with van der Waals surface area (Å²) in [6, 6.07) is 6.43. The van der Waals surface area contributed by atoms with Gasteiger partial charge in [0.25, 0.3) is 5.91 Å². The zero-order chi connectivity index (χ0) is 13.7. The first-order valence-corrected chi connectivity index (χ1v) is 6.48. The normalized spacial score (nSPS) is 15.8. The van der Waals surface area contributed by atoms with Crippen LogP contribution in [0.25, 0.3) is 0 Å². The van der Waals surface area contributed by atoms with Crippen LogP contribution in [0.2, 0.25) is 5.02 Å². The molecular weight excluding hydrogens is 268 g/mol. The maximum absolute atomic E-state index is 11.8. The van der Waals surface area contributed by atoms with Crippen molar-refractivity contribution in [3.8, 4) is 0 Å². The van der Waals surface area contributed by atoms with Crippen LogP contribution < -0.4 is 10.9 Å². The molecule has 1 aliphatic heterocycles. The van der Waals surface area contributed by atoms with Gasteiger partial charge in [0.1, 0.15) is 0 Å². The van der Waals surface area contributed by atoms with Gasteiger partial charge in [0.2, 0.25) is 5.91 Å². The third-order valence-electron chi connectivity index (χ3n) is 3.00. The van der Waals surface area contributed by atoms with Crippen LogP contribution >= 0.6 is 11.6 Å². The van der Waals surface area contributed by atoms with Gasteiger partial charge in [-0.25, -0.2) is 0 Å². The van der Waals surface area contributed by atoms with Crippen molar-refractivity contribution in [2.45, 2.75) is 12.8 Å². The predicted molar refractivity (Wildman–Crippen MR) is 70.6 cm³/mol. The van der Waals surface area contributed by atoms with Crippen LogP contribution in [-0.4, -0.2) is 25.0 Å². The second-order valence-corrected chi connectivity index (χ2v) is 4.77. The number of carbonyl (C=O) groups is 2. The Labute approximate surface area is 116 Å². The zero-order valence-corrected chi connectivity index (χ0v) is 11.1. The van der Waals surface area contributed by atoms with Crippen LogP contribution in [0.5, 0.6) is 0 Å². The fourth-order valence-corrected chi connectivity index (χ4v) is 1.98. The molecule has 1 saturated heterocycles. The summed E-state index contributed by atoms with van der Waals surface area (Å²) < 4.78 is 5.18. The van der Waals surface area contributed by atoms with E-state index in [9.17, 15) is 9.59 Å². The first kappa shape index (κ1) is 13.8. The molecule has 0 aromatic heterocycles. The van der Waals surface area contributed by atoms with E-state index in [0.717, 1.165) is 0 Å². The van der Waals surface area contributed by atoms with E-state index in [1.807, 2.05) is 0 Å². The van der Waals surface area contributed by atoms with Crippen molar-refractivity contribution in [1.29, 1.82) is 0 Å². The number of hydrazine groups is 1. The van der Waals surface area contributed by atoms with Gasteiger partial charge >= 0.3 is 0 Å². The topological polar surface area (TPSA) is 67.4 Å². The standard InChI is InChI=1S/C13H15ClN2O3/c14-11-3-1-9(2-4-11)12(17)15-16-13(18)10-5-7-19-8-6-10/h1-4,10H,5-8H2,(H,15,17)(H,16,18). The summed E-state index contributed by atoms with van der Waals surface area (Å²) in [6.07, 6.45) is 1.37. The minimum absolute atomic E-state index is 0.0979. The fourth-order valence-electron chi connectivity index (χ4n) is 1.85. The number of hydrogen-bond donors (Lipinski definition) is 2. The van der Waals surface area contributed by atoms with Crippen molar-refractivity contribution in [3.05, 3.63) is 34.9 Å². The highest BCUT2D eigenvalue weighted by Crippen LogP contribution is 2.14. The summed E-state index contributed by atoms with van der Waals surface area (Å²) in [6.45, 7) is 1.17. The largest absolute Gasteiger partial charge is 0.381 e. The van der Waals surface area contributed by atoms with Crippen molar-refractivity contribution in [1.82, 2.24) is 10.9 Å². The lowest BCUT2D eigenvalue weighted by molar-refractivity contribution is -0.128. The van der Waals surface area contributed by atoms with E-state index in [-0.39, 0.29) is 17.7 Å². The SMILES string of the molecule is O=C(NNC(=O)C1CCOCC1)c1ccc(Cl)cc1. The second-order valence-electron chi connectivity index (χ2n) is 4.34. The molecule has 0 radical (unpaired) electrons. The molecule has 0 atom stereocenters. The number of amides is 2. The number of hydrogen-bond acceptors (Lipinski definition) is 3. The van der Waals surface area contributed by atoms with Crippen molar-refractivity contribution >= 4 is 23.4 Å². The fraction of sp³-hybridized carbons (Fsp3) is 0.385. The lowest BCUT2D eigenvalue weighted by Gasteiger charge is -2.21. The van der Waals surface area contributed by atoms with Gasteiger partial charge in [-0.3, -0.25) is 20.4 Å². The molecule has 1 heterocycles. The molecule has 102 valence electrons. The van der Waals surface area contributed by atoms with Gasteiger partial charge in [-0.05, 0) is 37.1 Å². The summed E-state index contributed by atoms with van der Waals surface area (Å²) in [5.74, 6) is -0.637. The van der Waals surface area contributed by atoms with Gasteiger partial charge in [-0.1, -0.05) is 11.6 Å². The molecule has 2 N–H and O–H groups in total. The van der Waals surface area contributed by atoms with E-state index >= 15 is 0 Å². The first-order valence-electron chi connectivity index (χ1n) is 6.10. The lowest BCUT2D eigenvalue weighted by atomic mass is 10.00. The number of ether oxygens (including phenoxy) is 1. The highest BCUT2D eigenvalue weighted by Gasteiger charge is 2.21. The monoisotopic (exact) mass is 282 g/mol. The van der Waals surface area contributed by atoms with Gasteiger partial charge in [0, 0.05) is 29.7 Å². The van der Waals surface area contributed by atoms with Gasteiger partial charge < -0.3 is 4.74 Å². The van der Waals surface area contributed by atoms with Crippen molar-refractivity contribution in [3.63, 3.8) is 0 Å². The summed E-state index contributed by atoms with van der Waals surface area (Å²) in [7, 11) is 0. The molecule has 1 aromatic rings. The van der Waals surface area contributed by atoms with Gasteiger partial charge in [-0.15, -0.1) is 0 Å². The Balaban J connectivity index is 1.82. The predicted octanol–water partition coefficient (Wildman–Crippen LogP) is 1.53. The Morgan fingerprint density at radius 3 is 2.37 bits per heavy atom. The molecule has 0 spiro atoms. The Hall–Kier alpha value is -1.59. The average molecular weight is 283 g/mol. The van der Waals surface area contributed by atoms with Gasteiger partial charge in [0.05, 0.1) is 0 Å². The number of rotatable bonds is 2. The zero-order valence-electron chi connectivity index (χ0n) is 10.3. The number of carbonyl (C=O) groups excluding carboxylic acids is 2. The van der Waals surface area contributed by atoms with Crippen molar-refractivity contribution in [2.75, 3.05) is 13.2 Å². The Morgan fingerprint density at radius 1 is 1.11 bits per heavy atom. The third-order valence-corrected chi connectivity index (χ3v) is 3.25. The molecule has 2 rings (SSSR count). The van der Waals surface area contributed by atoms with Crippen LogP contribution in [0, 0.1) is 5.92 Å². The molecule has 5 nitrogen and oxygen atoms in total. The number of nitrogens with one attached hydrogen (secondary N) is 2. The van der Waals surface area contributed by atoms with Crippen LogP contribution in [0.3, 0.4) is 0 Å². The van der Waals surface area contributed by atoms with Crippen LogP contribution in [0.15, 0.2) is 24.3 Å². The number of halogens is 1. The molecule has 19 heavy (non-hydrogen) atoms. The number of benzene rings is 1. The highest BCUT2D eigenvalue weighted by atomic mass is 35.5. The Morgan fingerprint density at radius 2 is 1.74 bits per heavy atom. The van der Waals surface area contributed by atoms with Crippen LogP contribution in [0.1, 0.15) is 23.2 Å². The van der Waals surface area contributed by atoms with E-state index in [1.54, 1.807) is 24.3 Å². The second kappa shape index (κ2) is 6.54. The molecule has 2 amide bonds. The molecule has 1 fully saturated rings. The Kier molecular flexibility index (Phi) is 4.76. The van der Waals surface area contributed by atoms with Crippen molar-refractivity contribution in [2.24, 2.45) is 5.92 Å². The first-order chi connectivity index (χ1) is 9.16. The minimum Gasteiger partial charge on any atom is -0.381 e. The van der Waals surface area contributed by atoms with Crippen molar-refractivity contribution < 1.29 is 14.3 Å². The van der Waals surface area contributed by atoms with Gasteiger partial charge in [-0.2, -0.15) is 0 Å². The van der Waals surface area contributed by atoms with Crippen LogP contribution in [0.4, 0.5) is 0 Å². The summed E-state index contributed by atoms with van der Waals surface area (Å²) >= 11 is 5.73. The van der Waals surface area contributed by atoms with E-state index in [2.05, 4.69) is 10.9 Å². The third kappa shape index (κ3) is 3.94. The van der Waals surface area contributed by atoms with Gasteiger partial charge in [0.15, 0.2) is 0 Å². The lowest BCUT2D eigenvalue weighted by Crippen LogP contribution is -2.45. The molecule has 1 aromatic carbocycles. The molecule has 0 unspecified atom stereocenters. The average Bonchev–Trinajstić information content (AvgIpc) is 2.46. The molecular formula is C13H15ClN2O3. The van der Waals surface area contributed by atoms with E-state index < -0.39 is 0 Å². The molecule has 6 heteroatoms. The molecule has 1 aliphatic rings. The summed E-state index contributed by atoms with van der Waals surface area (Å²) in [5.41, 5.74) is 5.27. The quantitative estimate of drug-likeness (QED) is 0.809. The van der Waals surface area contributed by atoms with E-state index in [1.165, 1.54) is 0 Å². The van der Waals surface area contributed by atoms with E-state index in [4.69, 9.17) is 16.3 Å². The smallest absolute Gasteiger partial charge is 0.269 e. The Bertz CT molecular complexity index is 455. The maximum Gasteiger partial charge on any atom is 0.269 e. The minimum atomic E-state index is -0.364. The van der Waals surface area contributed by atoms with Crippen LogP contribution in [-0.2, 0) is 9.53 Å². The van der Waals surface area contributed by atoms with E-state index in [0.29, 0.717) is 36.6 Å². The molecule has 0 saturated carbocycles. The maximum atomic E-state index is 11.8. The summed E-state index contributed by atoms with van der Waals surface area (Å²) in [5, 5.41) is 0.558. The summed E-state index contributed by atoms with van der Waals surface area (Å²) in [4.78, 5) is 23.5.